The number of ether oxygens (including phenoxy) is 2. The third-order valence-electron chi connectivity index (χ3n) is 4.96. The number of carbonyl (C=O) groups excluding carboxylic acids is 3. The molecule has 0 saturated carbocycles. The molecular formula is C21H19N3O7S. The van der Waals surface area contributed by atoms with E-state index in [0.29, 0.717) is 24.3 Å². The first-order valence-electron chi connectivity index (χ1n) is 9.84. The maximum absolute atomic E-state index is 13.1. The summed E-state index contributed by atoms with van der Waals surface area (Å²) >= 11 is 0.916. The summed E-state index contributed by atoms with van der Waals surface area (Å²) in [6.07, 6.45) is -0.229. The van der Waals surface area contributed by atoms with Crippen LogP contribution in [0.4, 0.5) is 16.2 Å². The number of rotatable bonds is 7. The molecule has 1 fully saturated rings. The zero-order valence-corrected chi connectivity index (χ0v) is 17.9. The fourth-order valence-corrected chi connectivity index (χ4v) is 4.16. The van der Waals surface area contributed by atoms with Crippen LogP contribution < -0.4 is 9.64 Å². The highest BCUT2D eigenvalue weighted by Crippen LogP contribution is 2.35. The van der Waals surface area contributed by atoms with Crippen molar-refractivity contribution in [3.63, 3.8) is 0 Å². The fraction of sp³-hybridized carbons (Fsp3) is 0.286. The highest BCUT2D eigenvalue weighted by Gasteiger charge is 2.38. The minimum absolute atomic E-state index is 0.0541. The second-order valence-electron chi connectivity index (χ2n) is 7.08. The lowest BCUT2D eigenvalue weighted by atomic mass is 10.1. The van der Waals surface area contributed by atoms with Crippen LogP contribution in [0.3, 0.4) is 0 Å². The monoisotopic (exact) mass is 457 g/mol. The Morgan fingerprint density at radius 2 is 2.03 bits per heavy atom. The summed E-state index contributed by atoms with van der Waals surface area (Å²) in [4.78, 5) is 50.6. The van der Waals surface area contributed by atoms with E-state index in [4.69, 9.17) is 9.47 Å². The Morgan fingerprint density at radius 1 is 1.22 bits per heavy atom. The lowest BCUT2D eigenvalue weighted by molar-refractivity contribution is -0.384. The van der Waals surface area contributed by atoms with Crippen molar-refractivity contribution in [2.45, 2.75) is 19.6 Å². The predicted octanol–water partition coefficient (Wildman–Crippen LogP) is 3.71. The van der Waals surface area contributed by atoms with E-state index in [9.17, 15) is 24.5 Å². The van der Waals surface area contributed by atoms with Gasteiger partial charge in [-0.3, -0.25) is 29.4 Å². The van der Waals surface area contributed by atoms with Crippen LogP contribution in [0.2, 0.25) is 0 Å². The molecule has 2 aromatic carbocycles. The summed E-state index contributed by atoms with van der Waals surface area (Å²) in [6, 6.07) is 10.6. The molecule has 0 bridgehead atoms. The number of fused-ring (bicyclic) bond motifs is 1. The van der Waals surface area contributed by atoms with Crippen molar-refractivity contribution in [2.75, 3.05) is 24.0 Å². The zero-order valence-electron chi connectivity index (χ0n) is 17.1. The van der Waals surface area contributed by atoms with Crippen LogP contribution in [0.5, 0.6) is 5.75 Å². The number of carbonyl (C=O) groups is 3. The van der Waals surface area contributed by atoms with E-state index in [0.717, 1.165) is 16.7 Å². The lowest BCUT2D eigenvalue weighted by Gasteiger charge is -2.30. The van der Waals surface area contributed by atoms with Crippen LogP contribution >= 0.6 is 11.8 Å². The highest BCUT2D eigenvalue weighted by atomic mass is 32.2. The standard InChI is InChI=1S/C21H19N3O7S/c1-2-8-30-20(23-18(25)11-32-21(23)27)13-4-3-5-14(9-13)22-12-31-17-7-6-15(24(28)29)10-16(17)19(22)26/h3-7,9-10,20H,2,8,11-12H2,1H3. The van der Waals surface area contributed by atoms with Crippen molar-refractivity contribution in [3.05, 3.63) is 63.7 Å². The second-order valence-corrected chi connectivity index (χ2v) is 8.01. The molecule has 0 N–H and O–H groups in total. The number of amides is 3. The minimum Gasteiger partial charge on any atom is -0.472 e. The first kappa shape index (κ1) is 21.8. The maximum atomic E-state index is 13.1. The molecular weight excluding hydrogens is 438 g/mol. The van der Waals surface area contributed by atoms with Gasteiger partial charge in [0.15, 0.2) is 13.0 Å². The van der Waals surface area contributed by atoms with Crippen LogP contribution in [0.1, 0.15) is 35.5 Å². The summed E-state index contributed by atoms with van der Waals surface area (Å²) in [5.74, 6) is -0.479. The quantitative estimate of drug-likeness (QED) is 0.456. The average Bonchev–Trinajstić information content (AvgIpc) is 3.12. The number of hydrogen-bond acceptors (Lipinski definition) is 8. The Bertz CT molecular complexity index is 1090. The van der Waals surface area contributed by atoms with Gasteiger partial charge < -0.3 is 9.47 Å². The first-order valence-corrected chi connectivity index (χ1v) is 10.8. The van der Waals surface area contributed by atoms with E-state index in [1.165, 1.54) is 23.1 Å². The fourth-order valence-electron chi connectivity index (χ4n) is 3.44. The molecule has 2 aliphatic heterocycles. The molecule has 1 unspecified atom stereocenters. The van der Waals surface area contributed by atoms with Crippen molar-refractivity contribution < 1.29 is 28.8 Å². The number of thioether (sulfide) groups is 1. The Balaban J connectivity index is 1.67. The molecule has 0 spiro atoms. The first-order chi connectivity index (χ1) is 15.4. The molecule has 10 nitrogen and oxygen atoms in total. The molecule has 2 aromatic rings. The van der Waals surface area contributed by atoms with E-state index >= 15 is 0 Å². The number of anilines is 1. The van der Waals surface area contributed by atoms with Gasteiger partial charge in [0, 0.05) is 30.0 Å². The molecule has 0 aliphatic carbocycles. The molecule has 1 saturated heterocycles. The Morgan fingerprint density at radius 3 is 2.72 bits per heavy atom. The molecule has 1 atom stereocenters. The van der Waals surface area contributed by atoms with Crippen LogP contribution in [-0.4, -0.2) is 46.0 Å². The molecule has 166 valence electrons. The molecule has 11 heteroatoms. The van der Waals surface area contributed by atoms with Crippen LogP contribution in [0, 0.1) is 10.1 Å². The van der Waals surface area contributed by atoms with Gasteiger partial charge in [-0.2, -0.15) is 0 Å². The summed E-state index contributed by atoms with van der Waals surface area (Å²) in [6.45, 7) is 2.15. The number of non-ortho nitro benzene ring substituents is 1. The lowest BCUT2D eigenvalue weighted by Crippen LogP contribution is -2.39. The SMILES string of the molecule is CCCOC(c1cccc(N2COc3ccc([N+](=O)[O-])cc3C2=O)c1)N1C(=O)CSC1=O. The van der Waals surface area contributed by atoms with Crippen LogP contribution in [0.15, 0.2) is 42.5 Å². The van der Waals surface area contributed by atoms with E-state index in [1.54, 1.807) is 24.3 Å². The summed E-state index contributed by atoms with van der Waals surface area (Å²) in [5, 5.41) is 10.7. The zero-order chi connectivity index (χ0) is 22.8. The van der Waals surface area contributed by atoms with E-state index in [2.05, 4.69) is 0 Å². The number of imide groups is 1. The van der Waals surface area contributed by atoms with Crippen molar-refractivity contribution in [2.24, 2.45) is 0 Å². The number of hydrogen-bond donors (Lipinski definition) is 0. The molecule has 4 rings (SSSR count). The van der Waals surface area contributed by atoms with Crippen LogP contribution in [-0.2, 0) is 9.53 Å². The van der Waals surface area contributed by atoms with E-state index in [1.807, 2.05) is 6.92 Å². The number of benzene rings is 2. The highest BCUT2D eigenvalue weighted by molar-refractivity contribution is 8.14. The predicted molar refractivity (Wildman–Crippen MR) is 116 cm³/mol. The second kappa shape index (κ2) is 8.97. The van der Waals surface area contributed by atoms with Crippen molar-refractivity contribution in [3.8, 4) is 5.75 Å². The summed E-state index contributed by atoms with van der Waals surface area (Å²) < 4.78 is 11.5. The molecule has 2 aliphatic rings. The average molecular weight is 457 g/mol. The number of nitrogens with zero attached hydrogens (tertiary/aromatic N) is 3. The minimum atomic E-state index is -0.918. The normalized spacial score (nSPS) is 16.7. The van der Waals surface area contributed by atoms with Gasteiger partial charge in [0.2, 0.25) is 5.91 Å². The van der Waals surface area contributed by atoms with Gasteiger partial charge in [-0.15, -0.1) is 0 Å². The number of nitro groups is 1. The molecule has 3 amide bonds. The molecule has 0 aromatic heterocycles. The van der Waals surface area contributed by atoms with Crippen molar-refractivity contribution in [1.29, 1.82) is 0 Å². The smallest absolute Gasteiger partial charge is 0.291 e. The third kappa shape index (κ3) is 4.04. The Kier molecular flexibility index (Phi) is 6.10. The van der Waals surface area contributed by atoms with E-state index < -0.39 is 17.1 Å². The van der Waals surface area contributed by atoms with Gasteiger partial charge in [-0.1, -0.05) is 30.8 Å². The summed E-state index contributed by atoms with van der Waals surface area (Å²) in [7, 11) is 0. The molecule has 32 heavy (non-hydrogen) atoms. The largest absolute Gasteiger partial charge is 0.472 e. The van der Waals surface area contributed by atoms with Gasteiger partial charge in [-0.05, 0) is 24.6 Å². The number of nitro benzene ring substituents is 1. The van der Waals surface area contributed by atoms with Crippen molar-refractivity contribution in [1.82, 2.24) is 4.90 Å². The van der Waals surface area contributed by atoms with E-state index in [-0.39, 0.29) is 40.6 Å². The van der Waals surface area contributed by atoms with Gasteiger partial charge in [-0.25, -0.2) is 4.90 Å². The van der Waals surface area contributed by atoms with Crippen molar-refractivity contribution >= 4 is 40.2 Å². The van der Waals surface area contributed by atoms with Gasteiger partial charge in [0.25, 0.3) is 16.8 Å². The maximum Gasteiger partial charge on any atom is 0.291 e. The Hall–Kier alpha value is -3.44. The van der Waals surface area contributed by atoms with Gasteiger partial charge in [0.05, 0.1) is 16.2 Å². The molecule has 0 radical (unpaired) electrons. The molecule has 2 heterocycles. The van der Waals surface area contributed by atoms with Crippen LogP contribution in [0.25, 0.3) is 0 Å². The topological polar surface area (TPSA) is 119 Å². The Labute approximate surface area is 187 Å². The van der Waals surface area contributed by atoms with Gasteiger partial charge in [0.1, 0.15) is 5.75 Å². The van der Waals surface area contributed by atoms with Gasteiger partial charge >= 0.3 is 0 Å². The summed E-state index contributed by atoms with van der Waals surface area (Å²) in [5.41, 5.74) is 0.836. The third-order valence-corrected chi connectivity index (χ3v) is 5.80.